The van der Waals surface area contributed by atoms with Crippen molar-refractivity contribution in [3.63, 3.8) is 0 Å². The molecule has 154 valence electrons. The highest BCUT2D eigenvalue weighted by molar-refractivity contribution is 7.92. The first-order valence-electron chi connectivity index (χ1n) is 8.61. The third kappa shape index (κ3) is 4.94. The van der Waals surface area contributed by atoms with E-state index in [-0.39, 0.29) is 27.8 Å². The molecule has 3 rings (SSSR count). The molecule has 0 bridgehead atoms. The van der Waals surface area contributed by atoms with Gasteiger partial charge in [0.05, 0.1) is 15.5 Å². The quantitative estimate of drug-likeness (QED) is 0.348. The minimum Gasteiger partial charge on any atom is -0.507 e. The lowest BCUT2D eigenvalue weighted by Crippen LogP contribution is -2.15. The molecule has 3 aromatic rings. The van der Waals surface area contributed by atoms with Crippen LogP contribution in [0.3, 0.4) is 0 Å². The Balaban J connectivity index is 1.80. The van der Waals surface area contributed by atoms with Crippen molar-refractivity contribution in [1.82, 2.24) is 9.97 Å². The number of sulfonamides is 1. The fourth-order valence-corrected chi connectivity index (χ4v) is 3.51. The molecule has 0 amide bonds. The number of benzene rings is 2. The van der Waals surface area contributed by atoms with Gasteiger partial charge in [-0.05, 0) is 50.2 Å². The zero-order valence-electron chi connectivity index (χ0n) is 16.0. The lowest BCUT2D eigenvalue weighted by molar-refractivity contribution is -0.384. The Morgan fingerprint density at radius 1 is 1.07 bits per heavy atom. The van der Waals surface area contributed by atoms with Crippen molar-refractivity contribution >= 4 is 33.6 Å². The molecule has 0 saturated heterocycles. The first-order valence-corrected chi connectivity index (χ1v) is 10.1. The first kappa shape index (κ1) is 20.9. The van der Waals surface area contributed by atoms with Gasteiger partial charge >= 0.3 is 0 Å². The van der Waals surface area contributed by atoms with Crippen LogP contribution in [0.15, 0.2) is 58.4 Å². The van der Waals surface area contributed by atoms with E-state index >= 15 is 0 Å². The summed E-state index contributed by atoms with van der Waals surface area (Å²) in [6.07, 6.45) is 1.26. The number of nitro groups is 1. The van der Waals surface area contributed by atoms with E-state index in [1.165, 1.54) is 48.7 Å². The van der Waals surface area contributed by atoms with Crippen LogP contribution in [0, 0.1) is 24.0 Å². The number of nitro benzene ring substituents is 1. The highest BCUT2D eigenvalue weighted by atomic mass is 32.2. The minimum absolute atomic E-state index is 0.0117. The van der Waals surface area contributed by atoms with Crippen molar-refractivity contribution in [2.45, 2.75) is 18.7 Å². The van der Waals surface area contributed by atoms with Gasteiger partial charge in [0.2, 0.25) is 5.95 Å². The smallest absolute Gasteiger partial charge is 0.270 e. The largest absolute Gasteiger partial charge is 0.507 e. The van der Waals surface area contributed by atoms with Crippen LogP contribution in [-0.4, -0.2) is 34.6 Å². The number of rotatable bonds is 6. The number of hydrogen-bond donors (Lipinski definition) is 2. The summed E-state index contributed by atoms with van der Waals surface area (Å²) in [5.41, 5.74) is 1.64. The third-order valence-electron chi connectivity index (χ3n) is 3.93. The van der Waals surface area contributed by atoms with Gasteiger partial charge in [0.15, 0.2) is 0 Å². The summed E-state index contributed by atoms with van der Waals surface area (Å²) < 4.78 is 27.4. The second kappa shape index (κ2) is 8.25. The van der Waals surface area contributed by atoms with Gasteiger partial charge in [0, 0.05) is 35.3 Å². The Labute approximate surface area is 172 Å². The number of anilines is 1. The van der Waals surface area contributed by atoms with Crippen molar-refractivity contribution < 1.29 is 18.4 Å². The summed E-state index contributed by atoms with van der Waals surface area (Å²) in [4.78, 5) is 22.5. The minimum atomic E-state index is -3.89. The molecule has 0 radical (unpaired) electrons. The summed E-state index contributed by atoms with van der Waals surface area (Å²) in [6, 6.07) is 10.9. The Morgan fingerprint density at radius 3 is 2.30 bits per heavy atom. The van der Waals surface area contributed by atoms with E-state index in [4.69, 9.17) is 0 Å². The number of aromatic nitrogens is 2. The summed E-state index contributed by atoms with van der Waals surface area (Å²) in [7, 11) is -3.89. The second-order valence-corrected chi connectivity index (χ2v) is 8.01. The molecule has 10 nitrogen and oxygen atoms in total. The molecule has 0 aliphatic rings. The predicted octanol–water partition coefficient (Wildman–Crippen LogP) is 3.26. The Bertz CT molecular complexity index is 1220. The molecular formula is C19H17N5O5S. The second-order valence-electron chi connectivity index (χ2n) is 6.33. The Kier molecular flexibility index (Phi) is 5.74. The maximum absolute atomic E-state index is 12.5. The standard InChI is InChI=1S/C19H17N5O5S/c1-12-9-13(2)22-19(21-12)23-30(28,29)17-6-3-15(4-7-17)20-11-14-10-16(24(26)27)5-8-18(14)25/h3-11,25H,1-2H3,(H,21,22,23). The topological polar surface area (TPSA) is 148 Å². The summed E-state index contributed by atoms with van der Waals surface area (Å²) >= 11 is 0. The molecule has 0 aliphatic carbocycles. The zero-order valence-corrected chi connectivity index (χ0v) is 16.8. The van der Waals surface area contributed by atoms with E-state index in [1.54, 1.807) is 19.9 Å². The van der Waals surface area contributed by atoms with Gasteiger partial charge in [-0.25, -0.2) is 23.1 Å². The van der Waals surface area contributed by atoms with Gasteiger partial charge in [-0.15, -0.1) is 0 Å². The average molecular weight is 427 g/mol. The molecule has 11 heteroatoms. The van der Waals surface area contributed by atoms with Gasteiger partial charge in [-0.2, -0.15) is 0 Å². The van der Waals surface area contributed by atoms with Crippen LogP contribution >= 0.6 is 0 Å². The number of hydrogen-bond acceptors (Lipinski definition) is 8. The van der Waals surface area contributed by atoms with E-state index in [9.17, 15) is 23.6 Å². The SMILES string of the molecule is Cc1cc(C)nc(NS(=O)(=O)c2ccc(N=Cc3cc([N+](=O)[O-])ccc3O)cc2)n1. The van der Waals surface area contributed by atoms with Crippen molar-refractivity contribution in [1.29, 1.82) is 0 Å². The zero-order chi connectivity index (χ0) is 21.9. The molecule has 0 unspecified atom stereocenters. The maximum atomic E-state index is 12.5. The fourth-order valence-electron chi connectivity index (χ4n) is 2.57. The van der Waals surface area contributed by atoms with Crippen LogP contribution in [0.1, 0.15) is 17.0 Å². The summed E-state index contributed by atoms with van der Waals surface area (Å²) in [6.45, 7) is 3.47. The van der Waals surface area contributed by atoms with Crippen molar-refractivity contribution in [2.24, 2.45) is 4.99 Å². The highest BCUT2D eigenvalue weighted by Gasteiger charge is 2.16. The monoisotopic (exact) mass is 427 g/mol. The first-order chi connectivity index (χ1) is 14.1. The van der Waals surface area contributed by atoms with Crippen molar-refractivity contribution in [3.05, 3.63) is 75.6 Å². The van der Waals surface area contributed by atoms with Crippen LogP contribution in [0.25, 0.3) is 0 Å². The average Bonchev–Trinajstić information content (AvgIpc) is 2.66. The molecule has 0 spiro atoms. The van der Waals surface area contributed by atoms with Crippen LogP contribution in [0.2, 0.25) is 0 Å². The highest BCUT2D eigenvalue weighted by Crippen LogP contribution is 2.23. The van der Waals surface area contributed by atoms with E-state index in [0.29, 0.717) is 17.1 Å². The lowest BCUT2D eigenvalue weighted by atomic mass is 10.2. The Morgan fingerprint density at radius 2 is 1.70 bits per heavy atom. The molecule has 0 fully saturated rings. The number of nitrogens with zero attached hydrogens (tertiary/aromatic N) is 4. The van der Waals surface area contributed by atoms with Gasteiger partial charge in [-0.1, -0.05) is 0 Å². The molecule has 0 atom stereocenters. The molecular weight excluding hydrogens is 410 g/mol. The molecule has 1 heterocycles. The number of non-ortho nitro benzene ring substituents is 1. The van der Waals surface area contributed by atoms with Crippen LogP contribution < -0.4 is 4.72 Å². The van der Waals surface area contributed by atoms with Gasteiger partial charge in [-0.3, -0.25) is 15.1 Å². The van der Waals surface area contributed by atoms with Crippen molar-refractivity contribution in [2.75, 3.05) is 4.72 Å². The molecule has 1 aromatic heterocycles. The number of aryl methyl sites for hydroxylation is 2. The summed E-state index contributed by atoms with van der Waals surface area (Å²) in [5, 5.41) is 20.7. The van der Waals surface area contributed by atoms with Crippen molar-refractivity contribution in [3.8, 4) is 5.75 Å². The van der Waals surface area contributed by atoms with E-state index in [0.717, 1.165) is 0 Å². The number of aromatic hydroxyl groups is 1. The summed E-state index contributed by atoms with van der Waals surface area (Å²) in [5.74, 6) is -0.183. The molecule has 0 aliphatic heterocycles. The van der Waals surface area contributed by atoms with Gasteiger partial charge in [0.25, 0.3) is 15.7 Å². The maximum Gasteiger partial charge on any atom is 0.270 e. The van der Waals surface area contributed by atoms with E-state index in [2.05, 4.69) is 19.7 Å². The van der Waals surface area contributed by atoms with Gasteiger partial charge in [0.1, 0.15) is 5.75 Å². The fraction of sp³-hybridized carbons (Fsp3) is 0.105. The van der Waals surface area contributed by atoms with Crippen LogP contribution in [-0.2, 0) is 10.0 Å². The molecule has 2 aromatic carbocycles. The number of aliphatic imine (C=N–C) groups is 1. The van der Waals surface area contributed by atoms with Gasteiger partial charge < -0.3 is 5.11 Å². The van der Waals surface area contributed by atoms with E-state index < -0.39 is 14.9 Å². The lowest BCUT2D eigenvalue weighted by Gasteiger charge is -2.08. The van der Waals surface area contributed by atoms with Crippen LogP contribution in [0.5, 0.6) is 5.75 Å². The normalized spacial score (nSPS) is 11.5. The number of phenolic OH excluding ortho intramolecular Hbond substituents is 1. The molecule has 30 heavy (non-hydrogen) atoms. The molecule has 0 saturated carbocycles. The van der Waals surface area contributed by atoms with E-state index in [1.807, 2.05) is 0 Å². The van der Waals surface area contributed by atoms with Crippen LogP contribution in [0.4, 0.5) is 17.3 Å². The molecule has 2 N–H and O–H groups in total. The predicted molar refractivity (Wildman–Crippen MR) is 111 cm³/mol. The number of phenols is 1. The third-order valence-corrected chi connectivity index (χ3v) is 5.27. The Hall–Kier alpha value is -3.86. The number of nitrogens with one attached hydrogen (secondary N) is 1.